The van der Waals surface area contributed by atoms with Gasteiger partial charge in [0.1, 0.15) is 12.4 Å². The van der Waals surface area contributed by atoms with E-state index in [0.29, 0.717) is 24.9 Å². The highest BCUT2D eigenvalue weighted by Crippen LogP contribution is 2.30. The van der Waals surface area contributed by atoms with E-state index < -0.39 is 0 Å². The van der Waals surface area contributed by atoms with Crippen molar-refractivity contribution in [1.29, 1.82) is 0 Å². The zero-order valence-electron chi connectivity index (χ0n) is 17.3. The van der Waals surface area contributed by atoms with Gasteiger partial charge in [-0.3, -0.25) is 4.79 Å². The van der Waals surface area contributed by atoms with E-state index in [-0.39, 0.29) is 11.3 Å². The monoisotopic (exact) mass is 385 g/mol. The van der Waals surface area contributed by atoms with Crippen molar-refractivity contribution >= 4 is 5.91 Å². The van der Waals surface area contributed by atoms with Crippen LogP contribution in [0.25, 0.3) is 0 Å². The number of aromatic nitrogens is 3. The molecule has 7 heteroatoms. The van der Waals surface area contributed by atoms with Gasteiger partial charge in [-0.1, -0.05) is 44.2 Å². The highest BCUT2D eigenvalue weighted by atomic mass is 16.5. The molecule has 1 saturated heterocycles. The number of nitrogens with zero attached hydrogens (tertiary/aromatic N) is 3. The van der Waals surface area contributed by atoms with Crippen LogP contribution in [0.1, 0.15) is 61.4 Å². The van der Waals surface area contributed by atoms with Crippen LogP contribution in [0.2, 0.25) is 0 Å². The van der Waals surface area contributed by atoms with Crippen LogP contribution in [0.3, 0.4) is 0 Å². The summed E-state index contributed by atoms with van der Waals surface area (Å²) >= 11 is 0. The second-order valence-electron chi connectivity index (χ2n) is 8.30. The summed E-state index contributed by atoms with van der Waals surface area (Å²) in [6, 6.07) is 8.34. The average molecular weight is 386 g/mol. The molecule has 1 aromatic carbocycles. The van der Waals surface area contributed by atoms with Crippen LogP contribution in [-0.4, -0.2) is 47.1 Å². The molecule has 1 aromatic heterocycles. The highest BCUT2D eigenvalue weighted by molar-refractivity contribution is 5.93. The van der Waals surface area contributed by atoms with Gasteiger partial charge in [-0.25, -0.2) is 4.68 Å². The molecule has 3 rings (SSSR count). The van der Waals surface area contributed by atoms with Crippen LogP contribution >= 0.6 is 0 Å². The van der Waals surface area contributed by atoms with Gasteiger partial charge in [0.2, 0.25) is 0 Å². The molecule has 2 aromatic rings. The van der Waals surface area contributed by atoms with Gasteiger partial charge in [0.25, 0.3) is 5.91 Å². The molecule has 1 aliphatic rings. The first-order valence-electron chi connectivity index (χ1n) is 10.0. The third-order valence-corrected chi connectivity index (χ3v) is 5.14. The SMILES string of the molecule is Cc1c(C(=O)NCCOc2ccccc2C(C)(C)C)nnn1C1CCNCC1. The van der Waals surface area contributed by atoms with Crippen LogP contribution in [0.4, 0.5) is 0 Å². The lowest BCUT2D eigenvalue weighted by molar-refractivity contribution is 0.0941. The molecule has 0 radical (unpaired) electrons. The summed E-state index contributed by atoms with van der Waals surface area (Å²) < 4.78 is 7.81. The van der Waals surface area contributed by atoms with E-state index in [2.05, 4.69) is 47.8 Å². The van der Waals surface area contributed by atoms with E-state index in [1.54, 1.807) is 0 Å². The molecule has 1 amide bonds. The summed E-state index contributed by atoms with van der Waals surface area (Å²) in [5.74, 6) is 0.655. The third-order valence-electron chi connectivity index (χ3n) is 5.14. The molecule has 2 heterocycles. The minimum atomic E-state index is -0.203. The number of hydrogen-bond acceptors (Lipinski definition) is 5. The maximum atomic E-state index is 12.5. The fraction of sp³-hybridized carbons (Fsp3) is 0.571. The lowest BCUT2D eigenvalue weighted by atomic mass is 9.86. The number of piperidine rings is 1. The minimum Gasteiger partial charge on any atom is -0.491 e. The molecule has 0 bridgehead atoms. The molecular weight excluding hydrogens is 354 g/mol. The smallest absolute Gasteiger partial charge is 0.273 e. The number of carbonyl (C=O) groups is 1. The Morgan fingerprint density at radius 2 is 2.00 bits per heavy atom. The van der Waals surface area contributed by atoms with E-state index >= 15 is 0 Å². The Balaban J connectivity index is 1.54. The molecular formula is C21H31N5O2. The first-order chi connectivity index (χ1) is 13.4. The van der Waals surface area contributed by atoms with Crippen molar-refractivity contribution < 1.29 is 9.53 Å². The molecule has 7 nitrogen and oxygen atoms in total. The third kappa shape index (κ3) is 4.70. The predicted molar refractivity (Wildman–Crippen MR) is 109 cm³/mol. The number of hydrogen-bond donors (Lipinski definition) is 2. The molecule has 0 aliphatic carbocycles. The number of benzene rings is 1. The summed E-state index contributed by atoms with van der Waals surface area (Å²) in [6.07, 6.45) is 2.01. The van der Waals surface area contributed by atoms with Gasteiger partial charge in [0, 0.05) is 0 Å². The first-order valence-corrected chi connectivity index (χ1v) is 10.0. The number of carbonyl (C=O) groups excluding carboxylic acids is 1. The molecule has 0 unspecified atom stereocenters. The Hall–Kier alpha value is -2.41. The summed E-state index contributed by atoms with van der Waals surface area (Å²) in [5, 5.41) is 14.6. The van der Waals surface area contributed by atoms with Crippen LogP contribution in [0.15, 0.2) is 24.3 Å². The van der Waals surface area contributed by atoms with Gasteiger partial charge in [0.15, 0.2) is 5.69 Å². The lowest BCUT2D eigenvalue weighted by Crippen LogP contribution is -2.31. The molecule has 2 N–H and O–H groups in total. The normalized spacial score (nSPS) is 15.4. The van der Waals surface area contributed by atoms with E-state index in [0.717, 1.165) is 42.9 Å². The summed E-state index contributed by atoms with van der Waals surface area (Å²) in [7, 11) is 0. The Labute approximate surface area is 166 Å². The van der Waals surface area contributed by atoms with Crippen LogP contribution < -0.4 is 15.4 Å². The molecule has 1 fully saturated rings. The van der Waals surface area contributed by atoms with E-state index in [9.17, 15) is 4.79 Å². The average Bonchev–Trinajstić information content (AvgIpc) is 3.07. The maximum absolute atomic E-state index is 12.5. The van der Waals surface area contributed by atoms with Crippen molar-refractivity contribution in [1.82, 2.24) is 25.6 Å². The molecule has 28 heavy (non-hydrogen) atoms. The van der Waals surface area contributed by atoms with Crippen molar-refractivity contribution in [2.45, 2.75) is 52.0 Å². The second kappa shape index (κ2) is 8.73. The van der Waals surface area contributed by atoms with E-state index in [4.69, 9.17) is 4.74 Å². The number of para-hydroxylation sites is 1. The highest BCUT2D eigenvalue weighted by Gasteiger charge is 2.23. The van der Waals surface area contributed by atoms with Gasteiger partial charge in [-0.15, -0.1) is 5.10 Å². The van der Waals surface area contributed by atoms with Gasteiger partial charge in [-0.2, -0.15) is 0 Å². The molecule has 0 saturated carbocycles. The van der Waals surface area contributed by atoms with Gasteiger partial charge in [0.05, 0.1) is 18.3 Å². The zero-order chi connectivity index (χ0) is 20.1. The number of amides is 1. The fourth-order valence-electron chi connectivity index (χ4n) is 3.57. The van der Waals surface area contributed by atoms with Crippen LogP contribution in [0, 0.1) is 6.92 Å². The number of nitrogens with one attached hydrogen (secondary N) is 2. The Morgan fingerprint density at radius 3 is 2.71 bits per heavy atom. The van der Waals surface area contributed by atoms with Crippen molar-refractivity contribution in [3.8, 4) is 5.75 Å². The Morgan fingerprint density at radius 1 is 1.29 bits per heavy atom. The van der Waals surface area contributed by atoms with E-state index in [1.807, 2.05) is 29.8 Å². The zero-order valence-corrected chi connectivity index (χ0v) is 17.3. The minimum absolute atomic E-state index is 0.00406. The molecule has 0 spiro atoms. The molecule has 0 atom stereocenters. The lowest BCUT2D eigenvalue weighted by Gasteiger charge is -2.23. The topological polar surface area (TPSA) is 81.1 Å². The van der Waals surface area contributed by atoms with Gasteiger partial charge in [-0.05, 0) is 49.9 Å². The second-order valence-corrected chi connectivity index (χ2v) is 8.30. The Kier molecular flexibility index (Phi) is 6.34. The summed E-state index contributed by atoms with van der Waals surface area (Å²) in [6.45, 7) is 11.1. The quantitative estimate of drug-likeness (QED) is 0.747. The molecule has 1 aliphatic heterocycles. The van der Waals surface area contributed by atoms with Crippen molar-refractivity contribution in [3.63, 3.8) is 0 Å². The number of ether oxygens (including phenoxy) is 1. The summed E-state index contributed by atoms with van der Waals surface area (Å²) in [5.41, 5.74) is 2.38. The maximum Gasteiger partial charge on any atom is 0.273 e. The van der Waals surface area contributed by atoms with Crippen molar-refractivity contribution in [3.05, 3.63) is 41.2 Å². The number of rotatable bonds is 6. The molecule has 152 valence electrons. The largest absolute Gasteiger partial charge is 0.491 e. The van der Waals surface area contributed by atoms with Crippen molar-refractivity contribution in [2.75, 3.05) is 26.2 Å². The summed E-state index contributed by atoms with van der Waals surface area (Å²) in [4.78, 5) is 12.5. The van der Waals surface area contributed by atoms with Gasteiger partial charge < -0.3 is 15.4 Å². The standard InChI is InChI=1S/C21H31N5O2/c1-15-19(24-25-26(15)16-9-11-22-12-10-16)20(27)23-13-14-28-18-8-6-5-7-17(18)21(2,3)4/h5-8,16,22H,9-14H2,1-4H3,(H,23,27). The first kappa shape index (κ1) is 20.3. The van der Waals surface area contributed by atoms with E-state index in [1.165, 1.54) is 0 Å². The van der Waals surface area contributed by atoms with Gasteiger partial charge >= 0.3 is 0 Å². The fourth-order valence-corrected chi connectivity index (χ4v) is 3.57. The Bertz CT molecular complexity index is 803. The van der Waals surface area contributed by atoms with Crippen molar-refractivity contribution in [2.24, 2.45) is 0 Å². The van der Waals surface area contributed by atoms with Crippen LogP contribution in [-0.2, 0) is 5.41 Å². The predicted octanol–water partition coefficient (Wildman–Crippen LogP) is 2.62. The van der Waals surface area contributed by atoms with Crippen LogP contribution in [0.5, 0.6) is 5.75 Å².